The monoisotopic (exact) mass is 532 g/mol. The molecule has 38 heavy (non-hydrogen) atoms. The van der Waals surface area contributed by atoms with Crippen LogP contribution in [-0.4, -0.2) is 47.6 Å². The summed E-state index contributed by atoms with van der Waals surface area (Å²) in [7, 11) is 1.63. The molecule has 2 N–H and O–H groups in total. The first kappa shape index (κ1) is 26.3. The summed E-state index contributed by atoms with van der Waals surface area (Å²) in [5, 5.41) is 14.7. The zero-order valence-electron chi connectivity index (χ0n) is 21.5. The lowest BCUT2D eigenvalue weighted by atomic mass is 9.76. The minimum Gasteiger partial charge on any atom is -0.497 e. The van der Waals surface area contributed by atoms with Gasteiger partial charge in [0.05, 0.1) is 31.2 Å². The smallest absolute Gasteiger partial charge is 0.255 e. The Labute approximate surface area is 228 Å². The molecule has 1 heterocycles. The summed E-state index contributed by atoms with van der Waals surface area (Å²) in [6.07, 6.45) is 3.20. The van der Waals surface area contributed by atoms with E-state index >= 15 is 0 Å². The van der Waals surface area contributed by atoms with E-state index in [-0.39, 0.29) is 17.9 Å². The molecule has 1 aliphatic carbocycles. The highest BCUT2D eigenvalue weighted by Gasteiger charge is 2.48. The molecule has 0 unspecified atom stereocenters. The SMILES string of the molecule is COc1cccc(CCNC(=O)[C@@H]2c3ccccc3C(=O)N([C@H]3CCCC[C@@H]3O)[C@H]2c2ccc(Cl)cc2)c1. The second-order valence-corrected chi connectivity index (χ2v) is 10.5. The van der Waals surface area contributed by atoms with Gasteiger partial charge in [0, 0.05) is 17.1 Å². The first-order valence-corrected chi connectivity index (χ1v) is 13.6. The zero-order valence-corrected chi connectivity index (χ0v) is 22.2. The van der Waals surface area contributed by atoms with Crippen molar-refractivity contribution in [1.29, 1.82) is 0 Å². The average Bonchev–Trinajstić information content (AvgIpc) is 2.94. The molecule has 1 fully saturated rings. The third kappa shape index (κ3) is 5.29. The maximum absolute atomic E-state index is 14.0. The van der Waals surface area contributed by atoms with E-state index in [2.05, 4.69) is 5.32 Å². The lowest BCUT2D eigenvalue weighted by Gasteiger charge is -2.48. The molecule has 3 aromatic rings. The van der Waals surface area contributed by atoms with Gasteiger partial charge in [-0.15, -0.1) is 0 Å². The van der Waals surface area contributed by atoms with Gasteiger partial charge in [0.25, 0.3) is 5.91 Å². The Kier molecular flexibility index (Phi) is 8.01. The van der Waals surface area contributed by atoms with Crippen LogP contribution in [0.4, 0.5) is 0 Å². The molecule has 6 nitrogen and oxygen atoms in total. The fourth-order valence-corrected chi connectivity index (χ4v) is 6.02. The van der Waals surface area contributed by atoms with Gasteiger partial charge in [0.1, 0.15) is 5.75 Å². The van der Waals surface area contributed by atoms with E-state index in [4.69, 9.17) is 16.3 Å². The van der Waals surface area contributed by atoms with Gasteiger partial charge in [-0.25, -0.2) is 0 Å². The van der Waals surface area contributed by atoms with Crippen molar-refractivity contribution in [2.45, 2.75) is 56.2 Å². The normalized spacial score (nSPS) is 23.0. The number of ether oxygens (including phenoxy) is 1. The summed E-state index contributed by atoms with van der Waals surface area (Å²) in [4.78, 5) is 29.7. The molecule has 5 rings (SSSR count). The van der Waals surface area contributed by atoms with Crippen molar-refractivity contribution in [2.75, 3.05) is 13.7 Å². The summed E-state index contributed by atoms with van der Waals surface area (Å²) in [6, 6.07) is 21.6. The lowest BCUT2D eigenvalue weighted by molar-refractivity contribution is -0.125. The Balaban J connectivity index is 1.51. The van der Waals surface area contributed by atoms with Gasteiger partial charge in [-0.1, -0.05) is 66.9 Å². The second-order valence-electron chi connectivity index (χ2n) is 10.1. The molecule has 2 amide bonds. The standard InChI is InChI=1S/C31H33ClN2O4/c1-38-23-8-6-7-20(19-23)17-18-33-30(36)28-24-9-2-3-10-25(24)31(37)34(26-11-4-5-12-27(26)35)29(28)21-13-15-22(32)16-14-21/h2-3,6-10,13-16,19,26-29,35H,4-5,11-12,17-18H2,1H3,(H,33,36)/t26-,27-,28+,29-/m0/s1. The van der Waals surface area contributed by atoms with E-state index in [1.54, 1.807) is 30.2 Å². The molecule has 0 radical (unpaired) electrons. The molecular formula is C31H33ClN2O4. The van der Waals surface area contributed by atoms with Crippen LogP contribution in [0.25, 0.3) is 0 Å². The third-order valence-corrected chi connectivity index (χ3v) is 8.02. The molecule has 1 saturated carbocycles. The Bertz CT molecular complexity index is 1300. The zero-order chi connectivity index (χ0) is 26.6. The molecule has 4 atom stereocenters. The van der Waals surface area contributed by atoms with E-state index in [1.807, 2.05) is 54.6 Å². The molecule has 0 saturated heterocycles. The fourth-order valence-electron chi connectivity index (χ4n) is 5.90. The number of nitrogens with zero attached hydrogens (tertiary/aromatic N) is 1. The maximum Gasteiger partial charge on any atom is 0.255 e. The van der Waals surface area contributed by atoms with Gasteiger partial charge in [0.15, 0.2) is 0 Å². The Morgan fingerprint density at radius 3 is 2.58 bits per heavy atom. The Morgan fingerprint density at radius 2 is 1.82 bits per heavy atom. The molecule has 0 spiro atoms. The van der Waals surface area contributed by atoms with Crippen LogP contribution in [0.3, 0.4) is 0 Å². The molecule has 1 aliphatic heterocycles. The number of carbonyl (C=O) groups excluding carboxylic acids is 2. The number of aliphatic hydroxyl groups is 1. The average molecular weight is 533 g/mol. The van der Waals surface area contributed by atoms with Crippen LogP contribution in [0.15, 0.2) is 72.8 Å². The van der Waals surface area contributed by atoms with Crippen LogP contribution in [-0.2, 0) is 11.2 Å². The van der Waals surface area contributed by atoms with Crippen LogP contribution in [0.5, 0.6) is 5.75 Å². The number of rotatable bonds is 7. The van der Waals surface area contributed by atoms with Crippen molar-refractivity contribution < 1.29 is 19.4 Å². The van der Waals surface area contributed by atoms with E-state index < -0.39 is 18.1 Å². The minimum absolute atomic E-state index is 0.146. The summed E-state index contributed by atoms with van der Waals surface area (Å²) in [5.74, 6) is -0.155. The van der Waals surface area contributed by atoms with Gasteiger partial charge in [-0.3, -0.25) is 9.59 Å². The minimum atomic E-state index is -0.635. The van der Waals surface area contributed by atoms with Crippen LogP contribution in [0, 0.1) is 0 Å². The number of amides is 2. The predicted molar refractivity (Wildman–Crippen MR) is 148 cm³/mol. The fraction of sp³-hybridized carbons (Fsp3) is 0.355. The molecule has 0 aromatic heterocycles. The molecule has 0 bridgehead atoms. The predicted octanol–water partition coefficient (Wildman–Crippen LogP) is 5.29. The van der Waals surface area contributed by atoms with Crippen molar-refractivity contribution in [3.63, 3.8) is 0 Å². The Morgan fingerprint density at radius 1 is 1.05 bits per heavy atom. The van der Waals surface area contributed by atoms with Crippen molar-refractivity contribution >= 4 is 23.4 Å². The molecule has 7 heteroatoms. The van der Waals surface area contributed by atoms with Gasteiger partial charge < -0.3 is 20.1 Å². The number of hydrogen-bond donors (Lipinski definition) is 2. The molecular weight excluding hydrogens is 500 g/mol. The number of benzene rings is 3. The van der Waals surface area contributed by atoms with Crippen LogP contribution < -0.4 is 10.1 Å². The first-order chi connectivity index (χ1) is 18.5. The van der Waals surface area contributed by atoms with E-state index in [1.165, 1.54) is 0 Å². The molecule has 198 valence electrons. The number of methoxy groups -OCH3 is 1. The van der Waals surface area contributed by atoms with Crippen molar-refractivity contribution in [2.24, 2.45) is 0 Å². The highest BCUT2D eigenvalue weighted by molar-refractivity contribution is 6.30. The summed E-state index contributed by atoms with van der Waals surface area (Å²) in [6.45, 7) is 0.442. The number of hydrogen-bond acceptors (Lipinski definition) is 4. The van der Waals surface area contributed by atoms with Gasteiger partial charge in [-0.05, 0) is 66.3 Å². The van der Waals surface area contributed by atoms with Crippen molar-refractivity contribution in [3.8, 4) is 5.75 Å². The second kappa shape index (κ2) is 11.6. The van der Waals surface area contributed by atoms with Crippen LogP contribution >= 0.6 is 11.6 Å². The van der Waals surface area contributed by atoms with Gasteiger partial charge in [-0.2, -0.15) is 0 Å². The Hall–Kier alpha value is -3.35. The topological polar surface area (TPSA) is 78.9 Å². The highest BCUT2D eigenvalue weighted by atomic mass is 35.5. The summed E-state index contributed by atoms with van der Waals surface area (Å²) >= 11 is 6.21. The van der Waals surface area contributed by atoms with Crippen LogP contribution in [0.1, 0.15) is 64.7 Å². The quantitative estimate of drug-likeness (QED) is 0.433. The van der Waals surface area contributed by atoms with Crippen molar-refractivity contribution in [1.82, 2.24) is 10.2 Å². The lowest BCUT2D eigenvalue weighted by Crippen LogP contribution is -2.55. The number of nitrogens with one attached hydrogen (secondary N) is 1. The summed E-state index contributed by atoms with van der Waals surface area (Å²) < 4.78 is 5.32. The van der Waals surface area contributed by atoms with E-state index in [0.29, 0.717) is 42.0 Å². The van der Waals surface area contributed by atoms with Gasteiger partial charge in [0.2, 0.25) is 5.91 Å². The van der Waals surface area contributed by atoms with Gasteiger partial charge >= 0.3 is 0 Å². The highest BCUT2D eigenvalue weighted by Crippen LogP contribution is 2.46. The number of carbonyl (C=O) groups is 2. The van der Waals surface area contributed by atoms with Crippen LogP contribution in [0.2, 0.25) is 5.02 Å². The maximum atomic E-state index is 14.0. The summed E-state index contributed by atoms with van der Waals surface area (Å²) in [5.41, 5.74) is 3.11. The largest absolute Gasteiger partial charge is 0.497 e. The number of fused-ring (bicyclic) bond motifs is 1. The molecule has 2 aliphatic rings. The van der Waals surface area contributed by atoms with E-state index in [9.17, 15) is 14.7 Å². The molecule has 3 aromatic carbocycles. The first-order valence-electron chi connectivity index (χ1n) is 13.2. The third-order valence-electron chi connectivity index (χ3n) is 7.77. The number of halogens is 1. The van der Waals surface area contributed by atoms with Crippen molar-refractivity contribution in [3.05, 3.63) is 100 Å². The number of aliphatic hydroxyl groups excluding tert-OH is 1. The van der Waals surface area contributed by atoms with E-state index in [0.717, 1.165) is 29.7 Å².